The molecule has 3 aromatic rings. The third kappa shape index (κ3) is 6.96. The Morgan fingerprint density at radius 1 is 1.14 bits per heavy atom. The Morgan fingerprint density at radius 2 is 1.89 bits per heavy atom. The number of aliphatic carboxylic acids is 1. The predicted molar refractivity (Wildman–Crippen MR) is 160 cm³/mol. The van der Waals surface area contributed by atoms with Crippen molar-refractivity contribution >= 4 is 34.2 Å². The van der Waals surface area contributed by atoms with Gasteiger partial charge in [-0.2, -0.15) is 13.2 Å². The number of anilines is 2. The van der Waals surface area contributed by atoms with Gasteiger partial charge in [-0.05, 0) is 56.3 Å². The van der Waals surface area contributed by atoms with Gasteiger partial charge in [0.1, 0.15) is 17.3 Å². The molecule has 2 fully saturated rings. The van der Waals surface area contributed by atoms with Crippen molar-refractivity contribution in [2.75, 3.05) is 37.0 Å². The highest BCUT2D eigenvalue weighted by Gasteiger charge is 2.35. The minimum absolute atomic E-state index is 0.0516. The number of hydrogen-bond acceptors (Lipinski definition) is 9. The number of carbonyl (C=O) groups is 2. The second-order valence-electron chi connectivity index (χ2n) is 11.4. The second kappa shape index (κ2) is 13.1. The molecule has 1 unspecified atom stereocenters. The highest BCUT2D eigenvalue weighted by molar-refractivity contribution is 7.16. The maximum absolute atomic E-state index is 13.9. The van der Waals surface area contributed by atoms with Gasteiger partial charge < -0.3 is 14.7 Å². The normalized spacial score (nSPS) is 18.2. The van der Waals surface area contributed by atoms with E-state index in [0.717, 1.165) is 30.3 Å². The van der Waals surface area contributed by atoms with E-state index < -0.39 is 23.6 Å². The Morgan fingerprint density at radius 3 is 2.50 bits per heavy atom. The van der Waals surface area contributed by atoms with Gasteiger partial charge in [0.15, 0.2) is 5.13 Å². The molecule has 0 saturated carbocycles. The SMILES string of the molecule is COc1ccc(-c2nc(NC(=O)c3cnc(N4CCC(C(=O)O)CC4)cn3)sc2CN2CCCC2C(C)C)cc1C(F)(F)F. The molecule has 0 aliphatic carbocycles. The topological polar surface area (TPSA) is 121 Å². The van der Waals surface area contributed by atoms with Crippen LogP contribution in [0.3, 0.4) is 0 Å². The molecular weight excluding hydrogens is 597 g/mol. The summed E-state index contributed by atoms with van der Waals surface area (Å²) in [6.45, 7) is 6.73. The molecule has 2 aliphatic heterocycles. The maximum Gasteiger partial charge on any atom is 0.419 e. The molecule has 0 radical (unpaired) electrons. The van der Waals surface area contributed by atoms with Crippen molar-refractivity contribution in [2.24, 2.45) is 11.8 Å². The number of nitrogens with one attached hydrogen (secondary N) is 1. The quantitative estimate of drug-likeness (QED) is 0.302. The number of nitrogens with zero attached hydrogens (tertiary/aromatic N) is 5. The molecule has 2 saturated heterocycles. The summed E-state index contributed by atoms with van der Waals surface area (Å²) in [6.07, 6.45) is 1.28. The first kappa shape index (κ1) is 31.6. The lowest BCUT2D eigenvalue weighted by Crippen LogP contribution is -2.36. The van der Waals surface area contributed by atoms with E-state index in [2.05, 4.69) is 39.0 Å². The molecule has 14 heteroatoms. The van der Waals surface area contributed by atoms with Gasteiger partial charge in [-0.1, -0.05) is 25.2 Å². The number of halogens is 3. The maximum atomic E-state index is 13.9. The zero-order chi connectivity index (χ0) is 31.6. The van der Waals surface area contributed by atoms with Crippen molar-refractivity contribution in [1.29, 1.82) is 0 Å². The molecule has 1 aromatic carbocycles. The average molecular weight is 633 g/mol. The summed E-state index contributed by atoms with van der Waals surface area (Å²) in [5.74, 6) is -1.04. The third-order valence-electron chi connectivity index (χ3n) is 8.27. The van der Waals surface area contributed by atoms with Crippen molar-refractivity contribution in [3.8, 4) is 17.0 Å². The molecule has 1 atom stereocenters. The molecule has 4 heterocycles. The average Bonchev–Trinajstić information content (AvgIpc) is 3.63. The largest absolute Gasteiger partial charge is 0.496 e. The molecule has 1 amide bonds. The van der Waals surface area contributed by atoms with Crippen LogP contribution in [0.25, 0.3) is 11.3 Å². The Hall–Kier alpha value is -3.78. The number of alkyl halides is 3. The van der Waals surface area contributed by atoms with E-state index in [9.17, 15) is 27.9 Å². The number of benzene rings is 1. The van der Waals surface area contributed by atoms with Gasteiger partial charge in [-0.15, -0.1) is 0 Å². The van der Waals surface area contributed by atoms with E-state index in [1.165, 1.54) is 36.9 Å². The van der Waals surface area contributed by atoms with Crippen molar-refractivity contribution in [3.63, 3.8) is 0 Å². The van der Waals surface area contributed by atoms with E-state index in [-0.39, 0.29) is 28.1 Å². The lowest BCUT2D eigenvalue weighted by atomic mass is 9.97. The van der Waals surface area contributed by atoms with Crippen LogP contribution in [0.15, 0.2) is 30.6 Å². The van der Waals surface area contributed by atoms with Gasteiger partial charge in [0.05, 0.1) is 36.7 Å². The molecule has 10 nitrogen and oxygen atoms in total. The first-order chi connectivity index (χ1) is 20.9. The zero-order valence-corrected chi connectivity index (χ0v) is 25.5. The summed E-state index contributed by atoms with van der Waals surface area (Å²) < 4.78 is 46.5. The Labute approximate surface area is 257 Å². The third-order valence-corrected chi connectivity index (χ3v) is 9.22. The van der Waals surface area contributed by atoms with Crippen LogP contribution in [0, 0.1) is 11.8 Å². The van der Waals surface area contributed by atoms with E-state index in [1.54, 1.807) is 6.07 Å². The number of hydrogen-bond donors (Lipinski definition) is 2. The molecule has 2 aliphatic rings. The number of ether oxygens (including phenoxy) is 1. The molecule has 5 rings (SSSR count). The number of methoxy groups -OCH3 is 1. The number of aromatic nitrogens is 3. The van der Waals surface area contributed by atoms with Crippen LogP contribution in [-0.2, 0) is 17.5 Å². The fourth-order valence-electron chi connectivity index (χ4n) is 5.92. The van der Waals surface area contributed by atoms with Crippen LogP contribution in [0.4, 0.5) is 24.1 Å². The molecule has 0 spiro atoms. The lowest BCUT2D eigenvalue weighted by molar-refractivity contribution is -0.142. The number of carbonyl (C=O) groups excluding carboxylic acids is 1. The predicted octanol–water partition coefficient (Wildman–Crippen LogP) is 5.80. The second-order valence-corrected chi connectivity index (χ2v) is 12.5. The van der Waals surface area contributed by atoms with Crippen LogP contribution in [-0.4, -0.2) is 69.6 Å². The summed E-state index contributed by atoms with van der Waals surface area (Å²) in [5.41, 5.74) is -0.193. The summed E-state index contributed by atoms with van der Waals surface area (Å²) in [4.78, 5) is 42.6. The number of thiazole rings is 1. The summed E-state index contributed by atoms with van der Waals surface area (Å²) in [6, 6.07) is 4.21. The number of rotatable bonds is 9. The molecule has 2 aromatic heterocycles. The number of piperidine rings is 1. The van der Waals surface area contributed by atoms with Crippen LogP contribution in [0.5, 0.6) is 5.75 Å². The number of carboxylic acid groups (broad SMARTS) is 1. The van der Waals surface area contributed by atoms with Crippen molar-refractivity contribution in [1.82, 2.24) is 19.9 Å². The highest BCUT2D eigenvalue weighted by atomic mass is 32.1. The van der Waals surface area contributed by atoms with Gasteiger partial charge in [0.2, 0.25) is 0 Å². The number of amides is 1. The van der Waals surface area contributed by atoms with Gasteiger partial charge in [-0.25, -0.2) is 15.0 Å². The minimum Gasteiger partial charge on any atom is -0.496 e. The van der Waals surface area contributed by atoms with E-state index in [0.29, 0.717) is 55.9 Å². The Bertz CT molecular complexity index is 1490. The summed E-state index contributed by atoms with van der Waals surface area (Å²) in [7, 11) is 1.20. The monoisotopic (exact) mass is 632 g/mol. The van der Waals surface area contributed by atoms with E-state index in [1.807, 2.05) is 4.90 Å². The molecule has 0 bridgehead atoms. The highest BCUT2D eigenvalue weighted by Crippen LogP contribution is 2.41. The number of carboxylic acids is 1. The number of likely N-dealkylation sites (tertiary alicyclic amines) is 1. The van der Waals surface area contributed by atoms with Crippen LogP contribution < -0.4 is 15.0 Å². The first-order valence-electron chi connectivity index (χ1n) is 14.5. The van der Waals surface area contributed by atoms with Gasteiger partial charge in [0, 0.05) is 36.1 Å². The van der Waals surface area contributed by atoms with Crippen LogP contribution >= 0.6 is 11.3 Å². The van der Waals surface area contributed by atoms with Gasteiger partial charge in [-0.3, -0.25) is 19.8 Å². The van der Waals surface area contributed by atoms with Crippen molar-refractivity contribution in [2.45, 2.75) is 58.3 Å². The van der Waals surface area contributed by atoms with Gasteiger partial charge in [0.25, 0.3) is 5.91 Å². The molecule has 236 valence electrons. The Balaban J connectivity index is 1.39. The standard InChI is InChI=1S/C30H35F3N6O4S/c1-17(2)22-5-4-10-39(22)16-24-26(19-6-7-23(43-3)20(13-19)30(31,32)33)36-29(44-24)37-27(40)21-14-35-25(15-34-21)38-11-8-18(9-12-38)28(41)42/h6-7,13-15,17-18,22H,4-5,8-12,16H2,1-3H3,(H,41,42)(H,36,37,40). The van der Waals surface area contributed by atoms with Gasteiger partial charge >= 0.3 is 12.1 Å². The van der Waals surface area contributed by atoms with E-state index >= 15 is 0 Å². The first-order valence-corrected chi connectivity index (χ1v) is 15.4. The Kier molecular flexibility index (Phi) is 9.39. The lowest BCUT2D eigenvalue weighted by Gasteiger charge is -2.30. The molecule has 44 heavy (non-hydrogen) atoms. The summed E-state index contributed by atoms with van der Waals surface area (Å²) in [5, 5.41) is 12.2. The minimum atomic E-state index is -4.62. The van der Waals surface area contributed by atoms with Crippen molar-refractivity contribution in [3.05, 3.63) is 46.7 Å². The summed E-state index contributed by atoms with van der Waals surface area (Å²) >= 11 is 1.23. The van der Waals surface area contributed by atoms with Crippen LogP contribution in [0.2, 0.25) is 0 Å². The van der Waals surface area contributed by atoms with Crippen LogP contribution in [0.1, 0.15) is 60.5 Å². The molecular formula is C30H35F3N6O4S. The molecule has 2 N–H and O–H groups in total. The smallest absolute Gasteiger partial charge is 0.419 e. The van der Waals surface area contributed by atoms with Crippen molar-refractivity contribution < 1.29 is 32.6 Å². The zero-order valence-electron chi connectivity index (χ0n) is 24.7. The van der Waals surface area contributed by atoms with E-state index in [4.69, 9.17) is 4.74 Å². The fraction of sp³-hybridized carbons (Fsp3) is 0.500. The fourth-order valence-corrected chi connectivity index (χ4v) is 6.93.